The minimum atomic E-state index is 0.727. The molecule has 2 aromatic carbocycles. The Labute approximate surface area is 208 Å². The fourth-order valence-electron chi connectivity index (χ4n) is 3.29. The molecule has 0 radical (unpaired) electrons. The van der Waals surface area contributed by atoms with Gasteiger partial charge in [-0.15, -0.1) is 0 Å². The van der Waals surface area contributed by atoms with Crippen LogP contribution in [-0.2, 0) is 17.6 Å². The molecule has 0 heterocycles. The van der Waals surface area contributed by atoms with Crippen LogP contribution >= 0.6 is 0 Å². The van der Waals surface area contributed by atoms with Crippen LogP contribution < -0.4 is 25.3 Å². The highest BCUT2D eigenvalue weighted by Crippen LogP contribution is 2.28. The fraction of sp³-hybridized carbons (Fsp3) is 0.571. The minimum Gasteiger partial charge on any atom is -0.494 e. The van der Waals surface area contributed by atoms with Crippen molar-refractivity contribution in [1.82, 2.24) is 5.32 Å². The number of unbranched alkanes of at least 4 members (excludes halogenated alkanes) is 1. The van der Waals surface area contributed by atoms with Crippen molar-refractivity contribution in [3.8, 4) is 17.2 Å². The van der Waals surface area contributed by atoms with E-state index in [0.717, 1.165) is 82.3 Å². The van der Waals surface area contributed by atoms with E-state index in [1.807, 2.05) is 32.9 Å². The molecule has 6 heteroatoms. The van der Waals surface area contributed by atoms with Gasteiger partial charge in [0.25, 0.3) is 0 Å². The molecule has 0 bridgehead atoms. The Morgan fingerprint density at radius 3 is 2.09 bits per heavy atom. The van der Waals surface area contributed by atoms with Crippen molar-refractivity contribution in [2.24, 2.45) is 5.73 Å². The molecule has 0 atom stereocenters. The first kappa shape index (κ1) is 31.7. The lowest BCUT2D eigenvalue weighted by Gasteiger charge is -2.10. The lowest BCUT2D eigenvalue weighted by molar-refractivity contribution is 0.149. The van der Waals surface area contributed by atoms with Gasteiger partial charge in [0.2, 0.25) is 0 Å². The Bertz CT molecular complexity index is 725. The summed E-state index contributed by atoms with van der Waals surface area (Å²) < 4.78 is 21.9. The molecule has 194 valence electrons. The summed E-state index contributed by atoms with van der Waals surface area (Å²) in [5.74, 6) is 2.53. The molecule has 2 rings (SSSR count). The lowest BCUT2D eigenvalue weighted by Crippen LogP contribution is -2.22. The number of nitrogens with one attached hydrogen (secondary N) is 1. The first-order valence-corrected chi connectivity index (χ1v) is 12.6. The van der Waals surface area contributed by atoms with E-state index in [4.69, 9.17) is 18.9 Å². The monoisotopic (exact) mass is 476 g/mol. The van der Waals surface area contributed by atoms with E-state index in [1.54, 1.807) is 14.2 Å². The summed E-state index contributed by atoms with van der Waals surface area (Å²) in [6.45, 7) is 10.1. The Balaban J connectivity index is 0.00000258. The van der Waals surface area contributed by atoms with Crippen LogP contribution in [0.25, 0.3) is 0 Å². The van der Waals surface area contributed by atoms with E-state index in [9.17, 15) is 0 Å². The van der Waals surface area contributed by atoms with Gasteiger partial charge in [0, 0.05) is 13.2 Å². The summed E-state index contributed by atoms with van der Waals surface area (Å²) in [4.78, 5) is 0. The Morgan fingerprint density at radius 2 is 1.44 bits per heavy atom. The van der Waals surface area contributed by atoms with Gasteiger partial charge in [0.1, 0.15) is 5.75 Å². The molecular formula is C28H48N2O4. The number of methoxy groups -OCH3 is 2. The predicted molar refractivity (Wildman–Crippen MR) is 144 cm³/mol. The maximum Gasteiger partial charge on any atom is 0.160 e. The van der Waals surface area contributed by atoms with Gasteiger partial charge in [0.15, 0.2) is 11.5 Å². The molecule has 0 spiro atoms. The predicted octanol–water partition coefficient (Wildman–Crippen LogP) is 5.27. The third-order valence-corrected chi connectivity index (χ3v) is 4.92. The molecule has 0 aliphatic carbocycles. The Kier molecular flexibility index (Phi) is 21.0. The number of hydrogen-bond acceptors (Lipinski definition) is 6. The van der Waals surface area contributed by atoms with Crippen LogP contribution in [0.1, 0.15) is 51.2 Å². The van der Waals surface area contributed by atoms with E-state index in [2.05, 4.69) is 41.4 Å². The maximum atomic E-state index is 5.90. The first-order chi connectivity index (χ1) is 16.8. The zero-order chi connectivity index (χ0) is 25.4. The Morgan fingerprint density at radius 1 is 0.765 bits per heavy atom. The van der Waals surface area contributed by atoms with E-state index in [1.165, 1.54) is 18.2 Å². The van der Waals surface area contributed by atoms with Crippen LogP contribution in [0.2, 0.25) is 0 Å². The van der Waals surface area contributed by atoms with E-state index in [0.29, 0.717) is 0 Å². The van der Waals surface area contributed by atoms with Crippen molar-refractivity contribution in [2.75, 3.05) is 54.2 Å². The van der Waals surface area contributed by atoms with Crippen LogP contribution in [0.3, 0.4) is 0 Å². The molecule has 0 aromatic heterocycles. The molecule has 0 saturated heterocycles. The number of nitrogens with two attached hydrogens (primary N) is 1. The normalized spacial score (nSPS) is 9.85. The van der Waals surface area contributed by atoms with Crippen molar-refractivity contribution in [3.05, 3.63) is 53.6 Å². The van der Waals surface area contributed by atoms with E-state index in [-0.39, 0.29) is 0 Å². The quantitative estimate of drug-likeness (QED) is 0.322. The fourth-order valence-corrected chi connectivity index (χ4v) is 3.29. The van der Waals surface area contributed by atoms with Gasteiger partial charge < -0.3 is 30.0 Å². The lowest BCUT2D eigenvalue weighted by atomic mass is 10.0. The summed E-state index contributed by atoms with van der Waals surface area (Å²) in [6, 6.07) is 14.6. The smallest absolute Gasteiger partial charge is 0.160 e. The topological polar surface area (TPSA) is 75.0 Å². The number of aryl methyl sites for hydroxylation is 2. The second kappa shape index (κ2) is 22.5. The SMILES string of the molecule is CC.CCOCCNCCCOc1cccc(CCCCc2ccc(OC)c(OC)c2)c1.CN. The van der Waals surface area contributed by atoms with Crippen LogP contribution in [-0.4, -0.2) is 54.2 Å². The van der Waals surface area contributed by atoms with Crippen molar-refractivity contribution in [3.63, 3.8) is 0 Å². The van der Waals surface area contributed by atoms with Crippen LogP contribution in [0.4, 0.5) is 0 Å². The minimum absolute atomic E-state index is 0.727. The zero-order valence-corrected chi connectivity index (χ0v) is 22.3. The highest BCUT2D eigenvalue weighted by Gasteiger charge is 2.05. The molecule has 0 saturated carbocycles. The number of rotatable bonds is 16. The van der Waals surface area contributed by atoms with Gasteiger partial charge >= 0.3 is 0 Å². The Hall–Kier alpha value is -2.28. The molecule has 0 fully saturated rings. The molecular weight excluding hydrogens is 428 g/mol. The molecule has 0 unspecified atom stereocenters. The average Bonchev–Trinajstić information content (AvgIpc) is 2.90. The standard InChI is InChI=1S/C25H37NO4.C2H6.CH5N/c1-4-29-18-16-26-15-8-17-30-23-12-7-11-21(19-23)9-5-6-10-22-13-14-24(27-2)25(20-22)28-3;2*1-2/h7,11-14,19-20,26H,4-6,8-10,15-18H2,1-3H3;1-2H3;2H2,1H3. The summed E-state index contributed by atoms with van der Waals surface area (Å²) in [5, 5.41) is 3.36. The highest BCUT2D eigenvalue weighted by atomic mass is 16.5. The largest absolute Gasteiger partial charge is 0.494 e. The molecule has 34 heavy (non-hydrogen) atoms. The molecule has 6 nitrogen and oxygen atoms in total. The summed E-state index contributed by atoms with van der Waals surface area (Å²) in [6.07, 6.45) is 5.35. The first-order valence-electron chi connectivity index (χ1n) is 12.6. The van der Waals surface area contributed by atoms with Gasteiger partial charge in [0.05, 0.1) is 27.4 Å². The van der Waals surface area contributed by atoms with Crippen molar-refractivity contribution in [1.29, 1.82) is 0 Å². The van der Waals surface area contributed by atoms with Crippen molar-refractivity contribution < 1.29 is 18.9 Å². The zero-order valence-electron chi connectivity index (χ0n) is 22.3. The molecule has 3 N–H and O–H groups in total. The van der Waals surface area contributed by atoms with Gasteiger partial charge in [-0.1, -0.05) is 32.0 Å². The summed E-state index contributed by atoms with van der Waals surface area (Å²) in [7, 11) is 4.84. The van der Waals surface area contributed by atoms with Crippen LogP contribution in [0.5, 0.6) is 17.2 Å². The van der Waals surface area contributed by atoms with Crippen molar-refractivity contribution in [2.45, 2.75) is 52.9 Å². The third kappa shape index (κ3) is 14.1. The van der Waals surface area contributed by atoms with Crippen LogP contribution in [0, 0.1) is 0 Å². The van der Waals surface area contributed by atoms with E-state index < -0.39 is 0 Å². The second-order valence-electron chi connectivity index (χ2n) is 7.19. The molecule has 0 amide bonds. The van der Waals surface area contributed by atoms with Crippen LogP contribution in [0.15, 0.2) is 42.5 Å². The maximum absolute atomic E-state index is 5.90. The number of benzene rings is 2. The highest BCUT2D eigenvalue weighted by molar-refractivity contribution is 5.42. The third-order valence-electron chi connectivity index (χ3n) is 4.92. The van der Waals surface area contributed by atoms with Gasteiger partial charge in [-0.05, 0) is 88.0 Å². The molecule has 0 aliphatic rings. The van der Waals surface area contributed by atoms with Gasteiger partial charge in [-0.2, -0.15) is 0 Å². The van der Waals surface area contributed by atoms with Gasteiger partial charge in [-0.3, -0.25) is 0 Å². The average molecular weight is 477 g/mol. The van der Waals surface area contributed by atoms with Gasteiger partial charge in [-0.25, -0.2) is 0 Å². The molecule has 0 aliphatic heterocycles. The summed E-state index contributed by atoms with van der Waals surface area (Å²) in [5.41, 5.74) is 7.11. The number of ether oxygens (including phenoxy) is 4. The van der Waals surface area contributed by atoms with E-state index >= 15 is 0 Å². The second-order valence-corrected chi connectivity index (χ2v) is 7.19. The summed E-state index contributed by atoms with van der Waals surface area (Å²) >= 11 is 0. The number of hydrogen-bond donors (Lipinski definition) is 2. The molecule has 2 aromatic rings. The van der Waals surface area contributed by atoms with Crippen molar-refractivity contribution >= 4 is 0 Å².